The second kappa shape index (κ2) is 9.45. The number of aromatic nitrogens is 2. The van der Waals surface area contributed by atoms with Gasteiger partial charge in [-0.2, -0.15) is 0 Å². The first-order chi connectivity index (χ1) is 16.6. The van der Waals surface area contributed by atoms with Crippen LogP contribution in [-0.2, 0) is 0 Å². The Morgan fingerprint density at radius 3 is 2.31 bits per heavy atom. The number of pyridine rings is 1. The number of carbonyl (C=O) groups is 1. The average Bonchev–Trinajstić information content (AvgIpc) is 3.15. The summed E-state index contributed by atoms with van der Waals surface area (Å²) in [4.78, 5) is 17.9. The molecule has 6 nitrogen and oxygen atoms in total. The Hall–Kier alpha value is -3.80. The van der Waals surface area contributed by atoms with E-state index in [-0.39, 0.29) is 11.0 Å². The first-order valence-corrected chi connectivity index (χ1v) is 11.8. The molecule has 4 aromatic rings. The molecule has 0 unspecified atom stereocenters. The fourth-order valence-corrected chi connectivity index (χ4v) is 4.63. The number of hydrogen-bond acceptors (Lipinski definition) is 5. The number of methoxy groups -OCH3 is 1. The van der Waals surface area contributed by atoms with Crippen molar-refractivity contribution in [3.05, 3.63) is 78.5 Å². The first-order valence-electron chi connectivity index (χ1n) is 11.8. The summed E-state index contributed by atoms with van der Waals surface area (Å²) < 4.78 is 13.1. The van der Waals surface area contributed by atoms with Crippen molar-refractivity contribution in [2.45, 2.75) is 46.6 Å². The molecule has 0 aliphatic heterocycles. The maximum atomic E-state index is 12.9. The fraction of sp³-hybridized carbons (Fsp3) is 0.310. The Kier molecular flexibility index (Phi) is 6.57. The van der Waals surface area contributed by atoms with Gasteiger partial charge in [-0.3, -0.25) is 4.40 Å². The summed E-state index contributed by atoms with van der Waals surface area (Å²) in [6.45, 7) is 11.1. The Morgan fingerprint density at radius 2 is 1.63 bits per heavy atom. The average molecular weight is 472 g/mol. The van der Waals surface area contributed by atoms with Gasteiger partial charge in [0.25, 0.3) is 0 Å². The van der Waals surface area contributed by atoms with Crippen molar-refractivity contribution >= 4 is 17.4 Å². The van der Waals surface area contributed by atoms with Crippen molar-refractivity contribution in [1.29, 1.82) is 0 Å². The van der Waals surface area contributed by atoms with Crippen LogP contribution in [0.4, 0.5) is 5.82 Å². The third kappa shape index (κ3) is 5.65. The number of anilines is 1. The third-order valence-corrected chi connectivity index (χ3v) is 5.63. The van der Waals surface area contributed by atoms with Crippen LogP contribution in [-0.4, -0.2) is 28.0 Å². The molecule has 0 atom stereocenters. The van der Waals surface area contributed by atoms with Gasteiger partial charge in [0.15, 0.2) is 0 Å². The summed E-state index contributed by atoms with van der Waals surface area (Å²) in [7, 11) is 1.59. The minimum atomic E-state index is -0.438. The molecule has 0 amide bonds. The van der Waals surface area contributed by atoms with Crippen molar-refractivity contribution in [2.24, 2.45) is 5.41 Å². The van der Waals surface area contributed by atoms with Gasteiger partial charge < -0.3 is 14.8 Å². The number of rotatable bonds is 7. The number of nitrogens with zero attached hydrogens (tertiary/aromatic N) is 2. The molecule has 182 valence electrons. The summed E-state index contributed by atoms with van der Waals surface area (Å²) in [5.74, 6) is 1.56. The van der Waals surface area contributed by atoms with E-state index in [0.717, 1.165) is 29.1 Å². The molecule has 0 aliphatic rings. The van der Waals surface area contributed by atoms with Crippen LogP contribution in [0.1, 0.15) is 51.4 Å². The van der Waals surface area contributed by atoms with Gasteiger partial charge in [0, 0.05) is 17.3 Å². The largest absolute Gasteiger partial charge is 0.497 e. The Bertz CT molecular complexity index is 1330. The molecular weight excluding hydrogens is 438 g/mol. The standard InChI is InChI=1S/C29H33N3O3/c1-28(2,3)19-29(4,5)31-26-25(30-24-13-9-10-18-32(24)26)22-11-7-8-12-23(22)35-27(33)20-14-16-21(34-6)17-15-20/h7-18,31H,19H2,1-6H3. The molecule has 0 saturated heterocycles. The molecule has 0 fully saturated rings. The molecule has 0 spiro atoms. The van der Waals surface area contributed by atoms with Gasteiger partial charge in [0.2, 0.25) is 0 Å². The highest BCUT2D eigenvalue weighted by Gasteiger charge is 2.29. The predicted molar refractivity (Wildman–Crippen MR) is 140 cm³/mol. The molecule has 1 N–H and O–H groups in total. The quantitative estimate of drug-likeness (QED) is 0.236. The number of benzene rings is 2. The number of nitrogens with one attached hydrogen (secondary N) is 1. The lowest BCUT2D eigenvalue weighted by Crippen LogP contribution is -2.36. The van der Waals surface area contributed by atoms with Gasteiger partial charge in [0.05, 0.1) is 12.7 Å². The van der Waals surface area contributed by atoms with Crippen LogP contribution in [0.25, 0.3) is 16.9 Å². The van der Waals surface area contributed by atoms with Gasteiger partial charge in [-0.1, -0.05) is 39.0 Å². The maximum Gasteiger partial charge on any atom is 0.343 e. The first kappa shape index (κ1) is 24.3. The Balaban J connectivity index is 1.74. The second-order valence-corrected chi connectivity index (χ2v) is 10.6. The van der Waals surface area contributed by atoms with Gasteiger partial charge in [0.1, 0.15) is 28.7 Å². The maximum absolute atomic E-state index is 12.9. The van der Waals surface area contributed by atoms with E-state index in [2.05, 4.69) is 39.9 Å². The topological polar surface area (TPSA) is 64.9 Å². The summed E-state index contributed by atoms with van der Waals surface area (Å²) in [6.07, 6.45) is 2.95. The summed E-state index contributed by atoms with van der Waals surface area (Å²) in [6, 6.07) is 20.3. The van der Waals surface area contributed by atoms with Crippen LogP contribution in [0.15, 0.2) is 72.9 Å². The molecule has 0 radical (unpaired) electrons. The van der Waals surface area contributed by atoms with Crippen LogP contribution in [0.5, 0.6) is 11.5 Å². The number of fused-ring (bicyclic) bond motifs is 1. The molecule has 35 heavy (non-hydrogen) atoms. The highest BCUT2D eigenvalue weighted by molar-refractivity contribution is 5.93. The van der Waals surface area contributed by atoms with Crippen LogP contribution in [0.2, 0.25) is 0 Å². The van der Waals surface area contributed by atoms with Crippen molar-refractivity contribution in [3.8, 4) is 22.8 Å². The van der Waals surface area contributed by atoms with E-state index >= 15 is 0 Å². The fourth-order valence-electron chi connectivity index (χ4n) is 4.63. The number of ether oxygens (including phenoxy) is 2. The SMILES string of the molecule is COc1ccc(C(=O)Oc2ccccc2-c2nc3ccccn3c2NC(C)(C)CC(C)(C)C)cc1. The van der Waals surface area contributed by atoms with E-state index in [1.807, 2.05) is 47.0 Å². The third-order valence-electron chi connectivity index (χ3n) is 5.63. The lowest BCUT2D eigenvalue weighted by Gasteiger charge is -2.34. The van der Waals surface area contributed by atoms with E-state index in [1.54, 1.807) is 37.4 Å². The molecule has 2 aromatic carbocycles. The van der Waals surface area contributed by atoms with E-state index < -0.39 is 5.97 Å². The number of esters is 1. The molecule has 2 aromatic heterocycles. The number of para-hydroxylation sites is 1. The van der Waals surface area contributed by atoms with E-state index in [9.17, 15) is 4.79 Å². The normalized spacial score (nSPS) is 11.9. The second-order valence-electron chi connectivity index (χ2n) is 10.6. The molecular formula is C29H33N3O3. The zero-order chi connectivity index (χ0) is 25.2. The molecule has 6 heteroatoms. The van der Waals surface area contributed by atoms with Crippen LogP contribution < -0.4 is 14.8 Å². The highest BCUT2D eigenvalue weighted by Crippen LogP contribution is 2.38. The molecule has 0 aliphatic carbocycles. The lowest BCUT2D eigenvalue weighted by molar-refractivity contribution is 0.0735. The van der Waals surface area contributed by atoms with Crippen molar-refractivity contribution < 1.29 is 14.3 Å². The number of carbonyl (C=O) groups excluding carboxylic acids is 1. The van der Waals surface area contributed by atoms with Crippen LogP contribution in [0, 0.1) is 5.41 Å². The van der Waals surface area contributed by atoms with Crippen LogP contribution in [0.3, 0.4) is 0 Å². The molecule has 4 rings (SSSR count). The molecule has 2 heterocycles. The van der Waals surface area contributed by atoms with Crippen molar-refractivity contribution in [1.82, 2.24) is 9.38 Å². The monoisotopic (exact) mass is 471 g/mol. The minimum Gasteiger partial charge on any atom is -0.497 e. The summed E-state index contributed by atoms with van der Waals surface area (Å²) in [5.41, 5.74) is 2.67. The summed E-state index contributed by atoms with van der Waals surface area (Å²) in [5, 5.41) is 3.74. The zero-order valence-electron chi connectivity index (χ0n) is 21.3. The van der Waals surface area contributed by atoms with Gasteiger partial charge in [-0.05, 0) is 74.2 Å². The molecule has 0 saturated carbocycles. The number of imidazole rings is 1. The summed E-state index contributed by atoms with van der Waals surface area (Å²) >= 11 is 0. The zero-order valence-corrected chi connectivity index (χ0v) is 21.3. The van der Waals surface area contributed by atoms with Gasteiger partial charge in [-0.15, -0.1) is 0 Å². The van der Waals surface area contributed by atoms with Gasteiger partial charge in [-0.25, -0.2) is 9.78 Å². The van der Waals surface area contributed by atoms with Crippen LogP contribution >= 0.6 is 0 Å². The number of hydrogen-bond donors (Lipinski definition) is 1. The van der Waals surface area contributed by atoms with Gasteiger partial charge >= 0.3 is 5.97 Å². The Morgan fingerprint density at radius 1 is 0.943 bits per heavy atom. The van der Waals surface area contributed by atoms with E-state index in [1.165, 1.54) is 0 Å². The van der Waals surface area contributed by atoms with Crippen molar-refractivity contribution in [3.63, 3.8) is 0 Å². The van der Waals surface area contributed by atoms with Crippen molar-refractivity contribution in [2.75, 3.05) is 12.4 Å². The smallest absolute Gasteiger partial charge is 0.343 e. The lowest BCUT2D eigenvalue weighted by atomic mass is 9.82. The highest BCUT2D eigenvalue weighted by atomic mass is 16.5. The Labute approximate surface area is 206 Å². The van der Waals surface area contributed by atoms with E-state index in [0.29, 0.717) is 17.1 Å². The van der Waals surface area contributed by atoms with E-state index in [4.69, 9.17) is 14.5 Å². The predicted octanol–water partition coefficient (Wildman–Crippen LogP) is 6.86. The molecule has 0 bridgehead atoms. The minimum absolute atomic E-state index is 0.142.